The Balaban J connectivity index is 1.90. The van der Waals surface area contributed by atoms with Crippen LogP contribution in [0.15, 0.2) is 18.3 Å². The summed E-state index contributed by atoms with van der Waals surface area (Å²) in [5, 5.41) is 9.18. The van der Waals surface area contributed by atoms with E-state index in [4.69, 9.17) is 9.47 Å². The summed E-state index contributed by atoms with van der Waals surface area (Å²) in [6, 6.07) is 3.78. The fourth-order valence-electron chi connectivity index (χ4n) is 1.39. The molecule has 0 aromatic carbocycles. The first-order valence-electron chi connectivity index (χ1n) is 4.98. The Bertz CT molecular complexity index is 314. The number of hydrogen-bond donors (Lipinski definition) is 1. The van der Waals surface area contributed by atoms with E-state index < -0.39 is 0 Å². The Hall–Kier alpha value is -1.13. The van der Waals surface area contributed by atoms with E-state index in [1.165, 1.54) is 0 Å². The molecule has 0 bridgehead atoms. The van der Waals surface area contributed by atoms with Gasteiger partial charge in [-0.15, -0.1) is 0 Å². The molecule has 0 spiro atoms. The predicted octanol–water partition coefficient (Wildman–Crippen LogP) is 0.778. The molecule has 1 aliphatic rings. The van der Waals surface area contributed by atoms with Gasteiger partial charge >= 0.3 is 0 Å². The second-order valence-electron chi connectivity index (χ2n) is 4.07. The first-order valence-corrected chi connectivity index (χ1v) is 4.98. The number of nitrogens with zero attached hydrogens (tertiary/aromatic N) is 1. The molecule has 4 heteroatoms. The van der Waals surface area contributed by atoms with Crippen LogP contribution in [0.3, 0.4) is 0 Å². The maximum absolute atomic E-state index is 9.18. The molecule has 4 nitrogen and oxygen atoms in total. The normalized spacial score (nSPS) is 18.3. The standard InChI is InChI=1S/C11H15NO3/c1-9-2-3-10(4-12-9)15-8-11(5-13)6-14-7-11/h2-4,13H,5-8H2,1H3. The van der Waals surface area contributed by atoms with Crippen LogP contribution >= 0.6 is 0 Å². The molecule has 1 aromatic rings. The number of pyridine rings is 1. The van der Waals surface area contributed by atoms with Crippen molar-refractivity contribution in [3.63, 3.8) is 0 Å². The third-order valence-corrected chi connectivity index (χ3v) is 2.58. The van der Waals surface area contributed by atoms with E-state index in [1.807, 2.05) is 19.1 Å². The van der Waals surface area contributed by atoms with Crippen LogP contribution in [0.25, 0.3) is 0 Å². The molecular formula is C11H15NO3. The lowest BCUT2D eigenvalue weighted by atomic mass is 9.88. The number of rotatable bonds is 4. The molecule has 0 amide bonds. The number of aliphatic hydroxyl groups is 1. The monoisotopic (exact) mass is 209 g/mol. The Labute approximate surface area is 88.9 Å². The van der Waals surface area contributed by atoms with Crippen LogP contribution in [0, 0.1) is 12.3 Å². The van der Waals surface area contributed by atoms with Gasteiger partial charge in [0.15, 0.2) is 0 Å². The second-order valence-corrected chi connectivity index (χ2v) is 4.07. The zero-order chi connectivity index (χ0) is 10.7. The van der Waals surface area contributed by atoms with E-state index in [0.29, 0.717) is 19.8 Å². The van der Waals surface area contributed by atoms with E-state index in [9.17, 15) is 5.11 Å². The maximum atomic E-state index is 9.18. The first-order chi connectivity index (χ1) is 7.24. The van der Waals surface area contributed by atoms with Gasteiger partial charge in [-0.3, -0.25) is 4.98 Å². The summed E-state index contributed by atoms with van der Waals surface area (Å²) in [5.41, 5.74) is 0.761. The van der Waals surface area contributed by atoms with Gasteiger partial charge in [-0.05, 0) is 19.1 Å². The van der Waals surface area contributed by atoms with E-state index in [-0.39, 0.29) is 12.0 Å². The third-order valence-electron chi connectivity index (χ3n) is 2.58. The zero-order valence-corrected chi connectivity index (χ0v) is 8.77. The van der Waals surface area contributed by atoms with Gasteiger partial charge in [0.2, 0.25) is 0 Å². The van der Waals surface area contributed by atoms with Crippen LogP contribution < -0.4 is 4.74 Å². The minimum Gasteiger partial charge on any atom is -0.491 e. The molecule has 0 saturated carbocycles. The summed E-state index contributed by atoms with van der Waals surface area (Å²) < 4.78 is 10.6. The Morgan fingerprint density at radius 1 is 1.53 bits per heavy atom. The number of ether oxygens (including phenoxy) is 2. The second kappa shape index (κ2) is 4.16. The van der Waals surface area contributed by atoms with E-state index >= 15 is 0 Å². The lowest BCUT2D eigenvalue weighted by Gasteiger charge is -2.39. The van der Waals surface area contributed by atoms with E-state index in [2.05, 4.69) is 4.98 Å². The number of aliphatic hydroxyl groups excluding tert-OH is 1. The smallest absolute Gasteiger partial charge is 0.137 e. The van der Waals surface area contributed by atoms with Gasteiger partial charge in [0.25, 0.3) is 0 Å². The maximum Gasteiger partial charge on any atom is 0.137 e. The summed E-state index contributed by atoms with van der Waals surface area (Å²) in [7, 11) is 0. The molecule has 2 rings (SSSR count). The molecule has 0 unspecified atom stereocenters. The number of aromatic nitrogens is 1. The van der Waals surface area contributed by atoms with E-state index in [0.717, 1.165) is 11.4 Å². The Morgan fingerprint density at radius 3 is 2.80 bits per heavy atom. The highest BCUT2D eigenvalue weighted by molar-refractivity contribution is 5.19. The van der Waals surface area contributed by atoms with Crippen LogP contribution in [0.5, 0.6) is 5.75 Å². The van der Waals surface area contributed by atoms with Crippen molar-refractivity contribution in [2.75, 3.05) is 26.4 Å². The minimum absolute atomic E-state index is 0.103. The van der Waals surface area contributed by atoms with Crippen molar-refractivity contribution in [2.24, 2.45) is 5.41 Å². The molecule has 1 N–H and O–H groups in total. The summed E-state index contributed by atoms with van der Waals surface area (Å²) in [6.45, 7) is 3.66. The average Bonchev–Trinajstić information content (AvgIpc) is 2.20. The topological polar surface area (TPSA) is 51.6 Å². The van der Waals surface area contributed by atoms with Crippen molar-refractivity contribution < 1.29 is 14.6 Å². The molecule has 15 heavy (non-hydrogen) atoms. The summed E-state index contributed by atoms with van der Waals surface area (Å²) in [6.07, 6.45) is 1.69. The zero-order valence-electron chi connectivity index (χ0n) is 8.77. The largest absolute Gasteiger partial charge is 0.491 e. The van der Waals surface area contributed by atoms with E-state index in [1.54, 1.807) is 6.20 Å². The van der Waals surface area contributed by atoms with Crippen LogP contribution in [0.1, 0.15) is 5.69 Å². The predicted molar refractivity (Wildman–Crippen MR) is 54.8 cm³/mol. The van der Waals surface area contributed by atoms with Gasteiger partial charge in [-0.25, -0.2) is 0 Å². The van der Waals surface area contributed by atoms with Crippen molar-refractivity contribution in [3.05, 3.63) is 24.0 Å². The minimum atomic E-state index is -0.203. The quantitative estimate of drug-likeness (QED) is 0.796. The number of aryl methyl sites for hydroxylation is 1. The van der Waals surface area contributed by atoms with Crippen molar-refractivity contribution >= 4 is 0 Å². The highest BCUT2D eigenvalue weighted by Gasteiger charge is 2.39. The third kappa shape index (κ3) is 2.27. The summed E-state index contributed by atoms with van der Waals surface area (Å²) in [5.74, 6) is 0.736. The molecule has 0 atom stereocenters. The molecule has 1 fully saturated rings. The van der Waals surface area contributed by atoms with Gasteiger partial charge in [0, 0.05) is 5.69 Å². The lowest BCUT2D eigenvalue weighted by Crippen LogP contribution is -2.49. The van der Waals surface area contributed by atoms with Crippen molar-refractivity contribution in [1.82, 2.24) is 4.98 Å². The Kier molecular flexibility index (Phi) is 2.88. The fourth-order valence-corrected chi connectivity index (χ4v) is 1.39. The van der Waals surface area contributed by atoms with Gasteiger partial charge in [0.1, 0.15) is 12.4 Å². The SMILES string of the molecule is Cc1ccc(OCC2(CO)COC2)cn1. The van der Waals surface area contributed by atoms with Crippen molar-refractivity contribution in [1.29, 1.82) is 0 Å². The highest BCUT2D eigenvalue weighted by atomic mass is 16.5. The van der Waals surface area contributed by atoms with Gasteiger partial charge in [-0.1, -0.05) is 0 Å². The highest BCUT2D eigenvalue weighted by Crippen LogP contribution is 2.27. The molecule has 1 saturated heterocycles. The van der Waals surface area contributed by atoms with Crippen LogP contribution in [-0.2, 0) is 4.74 Å². The fraction of sp³-hybridized carbons (Fsp3) is 0.545. The molecule has 0 aliphatic carbocycles. The molecule has 1 aliphatic heterocycles. The van der Waals surface area contributed by atoms with Gasteiger partial charge < -0.3 is 14.6 Å². The van der Waals surface area contributed by atoms with Gasteiger partial charge in [0.05, 0.1) is 31.4 Å². The summed E-state index contributed by atoms with van der Waals surface area (Å²) in [4.78, 5) is 4.13. The van der Waals surface area contributed by atoms with Crippen LogP contribution in [-0.4, -0.2) is 36.5 Å². The molecule has 82 valence electrons. The molecular weight excluding hydrogens is 194 g/mol. The molecule has 2 heterocycles. The lowest BCUT2D eigenvalue weighted by molar-refractivity contribution is -0.153. The summed E-state index contributed by atoms with van der Waals surface area (Å²) >= 11 is 0. The average molecular weight is 209 g/mol. The molecule has 0 radical (unpaired) electrons. The van der Waals surface area contributed by atoms with Crippen LogP contribution in [0.4, 0.5) is 0 Å². The van der Waals surface area contributed by atoms with Crippen molar-refractivity contribution in [2.45, 2.75) is 6.92 Å². The van der Waals surface area contributed by atoms with Crippen molar-refractivity contribution in [3.8, 4) is 5.75 Å². The first kappa shape index (κ1) is 10.4. The Morgan fingerprint density at radius 2 is 2.33 bits per heavy atom. The molecule has 1 aromatic heterocycles. The number of hydrogen-bond acceptors (Lipinski definition) is 4. The van der Waals surface area contributed by atoms with Gasteiger partial charge in [-0.2, -0.15) is 0 Å². The van der Waals surface area contributed by atoms with Crippen LogP contribution in [0.2, 0.25) is 0 Å².